The van der Waals surface area contributed by atoms with Crippen molar-refractivity contribution in [1.29, 1.82) is 0 Å². The number of rotatable bonds is 6. The van der Waals surface area contributed by atoms with Gasteiger partial charge in [0.1, 0.15) is 11.8 Å². The van der Waals surface area contributed by atoms with Crippen molar-refractivity contribution < 1.29 is 17.6 Å². The highest BCUT2D eigenvalue weighted by atomic mass is 32.2. The molecule has 8 heteroatoms. The molecule has 0 saturated carbocycles. The summed E-state index contributed by atoms with van der Waals surface area (Å²) in [4.78, 5) is 12.2. The van der Waals surface area contributed by atoms with Crippen LogP contribution in [0, 0.1) is 0 Å². The summed E-state index contributed by atoms with van der Waals surface area (Å²) in [6.07, 6.45) is 3.86. The van der Waals surface area contributed by atoms with Gasteiger partial charge in [-0.25, -0.2) is 13.8 Å². The summed E-state index contributed by atoms with van der Waals surface area (Å²) in [7, 11) is -3.63. The molecule has 0 bridgehead atoms. The zero-order valence-corrected chi connectivity index (χ0v) is 13.5. The van der Waals surface area contributed by atoms with Crippen molar-refractivity contribution >= 4 is 27.8 Å². The van der Waals surface area contributed by atoms with Crippen LogP contribution in [0.1, 0.15) is 12.7 Å². The molecule has 0 saturated heterocycles. The molecule has 0 aliphatic heterocycles. The molecule has 7 nitrogen and oxygen atoms in total. The van der Waals surface area contributed by atoms with Crippen LogP contribution in [0.25, 0.3) is 0 Å². The van der Waals surface area contributed by atoms with E-state index >= 15 is 0 Å². The summed E-state index contributed by atoms with van der Waals surface area (Å²) in [5, 5.41) is 3.75. The van der Waals surface area contributed by atoms with Crippen molar-refractivity contribution in [2.24, 2.45) is 5.10 Å². The molecule has 0 fully saturated rings. The molecule has 0 aliphatic rings. The van der Waals surface area contributed by atoms with Gasteiger partial charge in [-0.15, -0.1) is 0 Å². The fourth-order valence-electron chi connectivity index (χ4n) is 2.00. The van der Waals surface area contributed by atoms with E-state index in [1.165, 1.54) is 19.4 Å². The van der Waals surface area contributed by atoms with E-state index in [1.807, 2.05) is 0 Å². The molecule has 1 atom stereocenters. The minimum Gasteiger partial charge on any atom is -0.463 e. The van der Waals surface area contributed by atoms with Gasteiger partial charge in [-0.2, -0.15) is 5.10 Å². The van der Waals surface area contributed by atoms with Gasteiger partial charge in [0, 0.05) is 0 Å². The fourth-order valence-corrected chi connectivity index (χ4v) is 3.18. The molecule has 2 aromatic rings. The molecule has 1 heterocycles. The number of furan rings is 1. The number of carbonyl (C=O) groups excluding carboxylic acids is 1. The fraction of sp³-hybridized carbons (Fsp3) is 0.200. The summed E-state index contributed by atoms with van der Waals surface area (Å²) >= 11 is 0. The van der Waals surface area contributed by atoms with Gasteiger partial charge < -0.3 is 4.42 Å². The number of sulfonamides is 1. The van der Waals surface area contributed by atoms with Crippen LogP contribution in [-0.4, -0.2) is 32.8 Å². The molecule has 1 N–H and O–H groups in total. The first kappa shape index (κ1) is 16.8. The molecule has 122 valence electrons. The summed E-state index contributed by atoms with van der Waals surface area (Å²) in [5.41, 5.74) is 2.72. The SMILES string of the molecule is C[C@@H](C(=O)N/N=C\c1ccco1)N(c1ccccc1)S(C)(=O)=O. The van der Waals surface area contributed by atoms with Crippen molar-refractivity contribution in [3.05, 3.63) is 54.5 Å². The third kappa shape index (κ3) is 4.43. The lowest BCUT2D eigenvalue weighted by atomic mass is 10.2. The van der Waals surface area contributed by atoms with Crippen LogP contribution >= 0.6 is 0 Å². The lowest BCUT2D eigenvalue weighted by Crippen LogP contribution is -2.46. The number of para-hydroxylation sites is 1. The zero-order chi connectivity index (χ0) is 16.9. The molecule has 0 radical (unpaired) electrons. The van der Waals surface area contributed by atoms with Crippen molar-refractivity contribution in [1.82, 2.24) is 5.43 Å². The maximum Gasteiger partial charge on any atom is 0.263 e. The number of benzene rings is 1. The van der Waals surface area contributed by atoms with Gasteiger partial charge in [-0.05, 0) is 31.2 Å². The molecule has 1 amide bonds. The third-order valence-corrected chi connectivity index (χ3v) is 4.25. The van der Waals surface area contributed by atoms with E-state index in [0.717, 1.165) is 10.6 Å². The first-order chi connectivity index (χ1) is 10.9. The van der Waals surface area contributed by atoms with Crippen LogP contribution in [-0.2, 0) is 14.8 Å². The van der Waals surface area contributed by atoms with Gasteiger partial charge in [0.05, 0.1) is 24.4 Å². The quantitative estimate of drug-likeness (QED) is 0.641. The van der Waals surface area contributed by atoms with Crippen molar-refractivity contribution in [2.75, 3.05) is 10.6 Å². The molecular formula is C15H17N3O4S. The molecule has 0 aliphatic carbocycles. The second-order valence-electron chi connectivity index (χ2n) is 4.82. The average molecular weight is 335 g/mol. The molecule has 0 spiro atoms. The van der Waals surface area contributed by atoms with Gasteiger partial charge in [-0.3, -0.25) is 9.10 Å². The van der Waals surface area contributed by atoms with E-state index in [4.69, 9.17) is 4.42 Å². The smallest absolute Gasteiger partial charge is 0.263 e. The number of nitrogens with one attached hydrogen (secondary N) is 1. The number of carbonyl (C=O) groups is 1. The minimum atomic E-state index is -3.63. The van der Waals surface area contributed by atoms with Crippen LogP contribution in [0.2, 0.25) is 0 Å². The molecule has 2 rings (SSSR count). The van der Waals surface area contributed by atoms with Gasteiger partial charge in [0.25, 0.3) is 5.91 Å². The Labute approximate surface area is 134 Å². The number of anilines is 1. The maximum atomic E-state index is 12.2. The number of amides is 1. The number of hydrazone groups is 1. The summed E-state index contributed by atoms with van der Waals surface area (Å²) in [5.74, 6) is -0.0805. The number of nitrogens with zero attached hydrogens (tertiary/aromatic N) is 2. The molecule has 23 heavy (non-hydrogen) atoms. The highest BCUT2D eigenvalue weighted by Gasteiger charge is 2.28. The average Bonchev–Trinajstić information content (AvgIpc) is 3.00. The van der Waals surface area contributed by atoms with Crippen LogP contribution in [0.4, 0.5) is 5.69 Å². The Bertz CT molecular complexity index is 770. The lowest BCUT2D eigenvalue weighted by molar-refractivity contribution is -0.121. The summed E-state index contributed by atoms with van der Waals surface area (Å²) < 4.78 is 30.1. The Morgan fingerprint density at radius 3 is 2.52 bits per heavy atom. The predicted octanol–water partition coefficient (Wildman–Crippen LogP) is 1.58. The molecule has 0 unspecified atom stereocenters. The van der Waals surface area contributed by atoms with E-state index in [-0.39, 0.29) is 0 Å². The van der Waals surface area contributed by atoms with E-state index in [2.05, 4.69) is 10.5 Å². The second kappa shape index (κ2) is 7.10. The zero-order valence-electron chi connectivity index (χ0n) is 12.7. The van der Waals surface area contributed by atoms with Crippen molar-refractivity contribution in [2.45, 2.75) is 13.0 Å². The minimum absolute atomic E-state index is 0.410. The van der Waals surface area contributed by atoms with Gasteiger partial charge in [-0.1, -0.05) is 18.2 Å². The Balaban J connectivity index is 2.14. The molecule has 1 aromatic heterocycles. The highest BCUT2D eigenvalue weighted by Crippen LogP contribution is 2.20. The highest BCUT2D eigenvalue weighted by molar-refractivity contribution is 7.92. The van der Waals surface area contributed by atoms with Gasteiger partial charge in [0.2, 0.25) is 10.0 Å². The van der Waals surface area contributed by atoms with Gasteiger partial charge in [0.15, 0.2) is 0 Å². The summed E-state index contributed by atoms with van der Waals surface area (Å²) in [6, 6.07) is 10.8. The predicted molar refractivity (Wildman–Crippen MR) is 87.7 cm³/mol. The summed E-state index contributed by atoms with van der Waals surface area (Å²) in [6.45, 7) is 1.49. The Kier molecular flexibility index (Phi) is 5.17. The van der Waals surface area contributed by atoms with Crippen molar-refractivity contribution in [3.63, 3.8) is 0 Å². The van der Waals surface area contributed by atoms with E-state index < -0.39 is 22.0 Å². The Hall–Kier alpha value is -2.61. The molecular weight excluding hydrogens is 318 g/mol. The van der Waals surface area contributed by atoms with Gasteiger partial charge >= 0.3 is 0 Å². The number of hydrogen-bond donors (Lipinski definition) is 1. The van der Waals surface area contributed by atoms with Crippen LogP contribution in [0.15, 0.2) is 58.2 Å². The van der Waals surface area contributed by atoms with E-state index in [9.17, 15) is 13.2 Å². The number of hydrogen-bond acceptors (Lipinski definition) is 5. The van der Waals surface area contributed by atoms with E-state index in [0.29, 0.717) is 11.4 Å². The first-order valence-corrected chi connectivity index (χ1v) is 8.65. The van der Waals surface area contributed by atoms with Crippen LogP contribution in [0.5, 0.6) is 0 Å². The normalized spacial score (nSPS) is 13.0. The topological polar surface area (TPSA) is 92.0 Å². The third-order valence-electron chi connectivity index (χ3n) is 3.01. The van der Waals surface area contributed by atoms with E-state index in [1.54, 1.807) is 42.5 Å². The Morgan fingerprint density at radius 1 is 1.26 bits per heavy atom. The Morgan fingerprint density at radius 2 is 1.96 bits per heavy atom. The largest absolute Gasteiger partial charge is 0.463 e. The monoisotopic (exact) mass is 335 g/mol. The standard InChI is InChI=1S/C15H17N3O4S/c1-12(15(19)17-16-11-14-9-6-10-22-14)18(23(2,20)21)13-7-4-3-5-8-13/h3-12H,1-2H3,(H,17,19)/b16-11-/t12-/m0/s1. The van der Waals surface area contributed by atoms with Crippen LogP contribution < -0.4 is 9.73 Å². The second-order valence-corrected chi connectivity index (χ2v) is 6.68. The first-order valence-electron chi connectivity index (χ1n) is 6.80. The molecule has 1 aromatic carbocycles. The lowest BCUT2D eigenvalue weighted by Gasteiger charge is -2.27. The van der Waals surface area contributed by atoms with Crippen molar-refractivity contribution in [3.8, 4) is 0 Å². The van der Waals surface area contributed by atoms with Crippen LogP contribution in [0.3, 0.4) is 0 Å². The maximum absolute atomic E-state index is 12.2.